The molecule has 3 rings (SSSR count). The van der Waals surface area contributed by atoms with Crippen molar-refractivity contribution in [3.8, 4) is 5.69 Å². The number of H-pyrrole nitrogens is 1. The summed E-state index contributed by atoms with van der Waals surface area (Å²) in [7, 11) is 0. The number of rotatable bonds is 1. The topological polar surface area (TPSA) is 54.9 Å². The smallest absolute Gasteiger partial charge is 0.306 e. The van der Waals surface area contributed by atoms with Crippen molar-refractivity contribution >= 4 is 10.9 Å². The molecule has 2 aromatic carbocycles. The SMILES string of the molecule is O=c1[nH]c2ccc(F)cc2c(=O)n1-c1ccccc1F. The van der Waals surface area contributed by atoms with Crippen LogP contribution in [0.15, 0.2) is 52.1 Å². The fourth-order valence-electron chi connectivity index (χ4n) is 2.04. The van der Waals surface area contributed by atoms with Gasteiger partial charge in [0.25, 0.3) is 5.56 Å². The summed E-state index contributed by atoms with van der Waals surface area (Å²) in [6.07, 6.45) is 0. The zero-order valence-electron chi connectivity index (χ0n) is 10.1. The van der Waals surface area contributed by atoms with Crippen molar-refractivity contribution in [3.05, 3.63) is 74.9 Å². The first kappa shape index (κ1) is 12.3. The van der Waals surface area contributed by atoms with Crippen LogP contribution in [-0.2, 0) is 0 Å². The van der Waals surface area contributed by atoms with Crippen LogP contribution in [-0.4, -0.2) is 9.55 Å². The molecule has 3 aromatic rings. The van der Waals surface area contributed by atoms with Crippen molar-refractivity contribution in [2.75, 3.05) is 0 Å². The van der Waals surface area contributed by atoms with E-state index < -0.39 is 22.9 Å². The molecule has 0 aliphatic rings. The third-order valence-corrected chi connectivity index (χ3v) is 2.95. The number of halogens is 2. The molecular formula is C14H8F2N2O2. The van der Waals surface area contributed by atoms with E-state index in [0.29, 0.717) is 4.57 Å². The molecule has 0 unspecified atom stereocenters. The van der Waals surface area contributed by atoms with Crippen LogP contribution in [0.3, 0.4) is 0 Å². The van der Waals surface area contributed by atoms with Gasteiger partial charge in [-0.15, -0.1) is 0 Å². The van der Waals surface area contributed by atoms with Crippen LogP contribution in [0, 0.1) is 11.6 Å². The molecule has 0 fully saturated rings. The number of hydrogen-bond donors (Lipinski definition) is 1. The zero-order valence-corrected chi connectivity index (χ0v) is 10.1. The summed E-state index contributed by atoms with van der Waals surface area (Å²) in [6, 6.07) is 8.81. The van der Waals surface area contributed by atoms with E-state index in [1.165, 1.54) is 24.3 Å². The molecule has 0 saturated carbocycles. The largest absolute Gasteiger partial charge is 0.333 e. The fraction of sp³-hybridized carbons (Fsp3) is 0. The molecule has 1 aromatic heterocycles. The number of benzene rings is 2. The first-order chi connectivity index (χ1) is 9.58. The Morgan fingerprint density at radius 3 is 2.50 bits per heavy atom. The molecule has 4 nitrogen and oxygen atoms in total. The van der Waals surface area contributed by atoms with Crippen LogP contribution >= 0.6 is 0 Å². The Morgan fingerprint density at radius 2 is 1.75 bits per heavy atom. The van der Waals surface area contributed by atoms with Crippen LogP contribution in [0.25, 0.3) is 16.6 Å². The van der Waals surface area contributed by atoms with Crippen LogP contribution in [0.2, 0.25) is 0 Å². The molecule has 100 valence electrons. The number of nitrogens with zero attached hydrogens (tertiary/aromatic N) is 1. The number of aromatic amines is 1. The molecule has 1 heterocycles. The van der Waals surface area contributed by atoms with Crippen molar-refractivity contribution in [3.63, 3.8) is 0 Å². The molecule has 0 aliphatic heterocycles. The summed E-state index contributed by atoms with van der Waals surface area (Å²) >= 11 is 0. The van der Waals surface area contributed by atoms with Crippen LogP contribution in [0.1, 0.15) is 0 Å². The Morgan fingerprint density at radius 1 is 1.00 bits per heavy atom. The van der Waals surface area contributed by atoms with Gasteiger partial charge in [-0.25, -0.2) is 18.1 Å². The molecule has 0 atom stereocenters. The highest BCUT2D eigenvalue weighted by Gasteiger charge is 2.12. The van der Waals surface area contributed by atoms with E-state index in [0.717, 1.165) is 18.2 Å². The van der Waals surface area contributed by atoms with Gasteiger partial charge in [0.15, 0.2) is 0 Å². The predicted molar refractivity (Wildman–Crippen MR) is 70.1 cm³/mol. The second-order valence-electron chi connectivity index (χ2n) is 4.21. The van der Waals surface area contributed by atoms with Crippen molar-refractivity contribution in [2.45, 2.75) is 0 Å². The van der Waals surface area contributed by atoms with Gasteiger partial charge in [0.05, 0.1) is 16.6 Å². The van der Waals surface area contributed by atoms with Crippen LogP contribution in [0.4, 0.5) is 8.78 Å². The summed E-state index contributed by atoms with van der Waals surface area (Å²) < 4.78 is 27.6. The summed E-state index contributed by atoms with van der Waals surface area (Å²) in [5.74, 6) is -1.32. The lowest BCUT2D eigenvalue weighted by molar-refractivity contribution is 0.613. The lowest BCUT2D eigenvalue weighted by atomic mass is 10.2. The second-order valence-corrected chi connectivity index (χ2v) is 4.21. The molecule has 20 heavy (non-hydrogen) atoms. The van der Waals surface area contributed by atoms with Gasteiger partial charge in [-0.2, -0.15) is 0 Å². The van der Waals surface area contributed by atoms with E-state index in [1.807, 2.05) is 0 Å². The third kappa shape index (κ3) is 1.82. The first-order valence-electron chi connectivity index (χ1n) is 5.77. The Hall–Kier alpha value is -2.76. The van der Waals surface area contributed by atoms with E-state index in [4.69, 9.17) is 0 Å². The molecule has 0 bridgehead atoms. The van der Waals surface area contributed by atoms with Gasteiger partial charge >= 0.3 is 5.69 Å². The number of aromatic nitrogens is 2. The van der Waals surface area contributed by atoms with E-state index in [-0.39, 0.29) is 16.6 Å². The van der Waals surface area contributed by atoms with Crippen LogP contribution in [0.5, 0.6) is 0 Å². The highest BCUT2D eigenvalue weighted by atomic mass is 19.1. The van der Waals surface area contributed by atoms with E-state index in [2.05, 4.69) is 4.98 Å². The van der Waals surface area contributed by atoms with E-state index in [9.17, 15) is 18.4 Å². The van der Waals surface area contributed by atoms with Crippen molar-refractivity contribution < 1.29 is 8.78 Å². The normalized spacial score (nSPS) is 10.9. The quantitative estimate of drug-likeness (QED) is 0.737. The average molecular weight is 274 g/mol. The highest BCUT2D eigenvalue weighted by molar-refractivity contribution is 5.77. The second kappa shape index (κ2) is 4.41. The zero-order chi connectivity index (χ0) is 14.3. The summed E-state index contributed by atoms with van der Waals surface area (Å²) in [5, 5.41) is -0.0205. The lowest BCUT2D eigenvalue weighted by Gasteiger charge is -2.07. The number of hydrogen-bond acceptors (Lipinski definition) is 2. The monoisotopic (exact) mass is 274 g/mol. The van der Waals surface area contributed by atoms with E-state index in [1.54, 1.807) is 0 Å². The number of fused-ring (bicyclic) bond motifs is 1. The van der Waals surface area contributed by atoms with Gasteiger partial charge in [0.2, 0.25) is 0 Å². The Balaban J connectivity index is 2.46. The van der Waals surface area contributed by atoms with Gasteiger partial charge in [-0.3, -0.25) is 4.79 Å². The minimum Gasteiger partial charge on any atom is -0.306 e. The maximum absolute atomic E-state index is 13.7. The Kier molecular flexibility index (Phi) is 2.71. The highest BCUT2D eigenvalue weighted by Crippen LogP contribution is 2.11. The predicted octanol–water partition coefficient (Wildman–Crippen LogP) is 1.96. The average Bonchev–Trinajstić information content (AvgIpc) is 2.42. The molecule has 0 aliphatic carbocycles. The standard InChI is InChI=1S/C14H8F2N2O2/c15-8-5-6-11-9(7-8)13(19)18(14(20)17-11)12-4-2-1-3-10(12)16/h1-7H,(H,17,20). The van der Waals surface area contributed by atoms with Gasteiger partial charge in [0.1, 0.15) is 11.6 Å². The summed E-state index contributed by atoms with van der Waals surface area (Å²) in [6.45, 7) is 0. The molecule has 0 saturated heterocycles. The maximum atomic E-state index is 13.7. The Bertz CT molecular complexity index is 928. The van der Waals surface area contributed by atoms with E-state index >= 15 is 0 Å². The minimum atomic E-state index is -0.779. The molecular weight excluding hydrogens is 266 g/mol. The van der Waals surface area contributed by atoms with Crippen LogP contribution < -0.4 is 11.2 Å². The molecule has 6 heteroatoms. The molecule has 0 spiro atoms. The molecule has 1 N–H and O–H groups in total. The summed E-state index contributed by atoms with van der Waals surface area (Å²) in [5.41, 5.74) is -1.52. The lowest BCUT2D eigenvalue weighted by Crippen LogP contribution is -2.34. The molecule has 0 radical (unpaired) electrons. The third-order valence-electron chi connectivity index (χ3n) is 2.95. The first-order valence-corrected chi connectivity index (χ1v) is 5.77. The minimum absolute atomic E-state index is 0.0205. The Labute approximate surface area is 110 Å². The van der Waals surface area contributed by atoms with Gasteiger partial charge in [-0.05, 0) is 30.3 Å². The van der Waals surface area contributed by atoms with Crippen molar-refractivity contribution in [2.24, 2.45) is 0 Å². The maximum Gasteiger partial charge on any atom is 0.333 e. The van der Waals surface area contributed by atoms with Gasteiger partial charge in [-0.1, -0.05) is 12.1 Å². The fourth-order valence-corrected chi connectivity index (χ4v) is 2.04. The number of nitrogens with one attached hydrogen (secondary N) is 1. The van der Waals surface area contributed by atoms with Gasteiger partial charge in [0, 0.05) is 0 Å². The van der Waals surface area contributed by atoms with Crippen molar-refractivity contribution in [1.29, 1.82) is 0 Å². The molecule has 0 amide bonds. The van der Waals surface area contributed by atoms with Crippen molar-refractivity contribution in [1.82, 2.24) is 9.55 Å². The van der Waals surface area contributed by atoms with Gasteiger partial charge < -0.3 is 4.98 Å². The number of para-hydroxylation sites is 1. The summed E-state index contributed by atoms with van der Waals surface area (Å²) in [4.78, 5) is 26.6.